The van der Waals surface area contributed by atoms with Crippen LogP contribution < -0.4 is 5.56 Å². The number of benzene rings is 2. The van der Waals surface area contributed by atoms with E-state index in [4.69, 9.17) is 4.98 Å². The van der Waals surface area contributed by atoms with Gasteiger partial charge in [-0.1, -0.05) is 42.4 Å². The van der Waals surface area contributed by atoms with Crippen LogP contribution >= 0.6 is 11.8 Å². The van der Waals surface area contributed by atoms with E-state index in [2.05, 4.69) is 14.6 Å². The first-order valence-electron chi connectivity index (χ1n) is 12.0. The molecule has 0 atom stereocenters. The first-order chi connectivity index (χ1) is 17.2. The Morgan fingerprint density at radius 2 is 1.89 bits per heavy atom. The van der Waals surface area contributed by atoms with Gasteiger partial charge in [-0.15, -0.1) is 5.10 Å². The molecule has 0 unspecified atom stereocenters. The number of hydrogen-bond donors (Lipinski definition) is 0. The SMILES string of the molecule is CCn1c(CSc2nc3nn(-c4ccccc4)c(=O)c-3c3n2CCCCC3)nc2c(F)cccc21. The lowest BCUT2D eigenvalue weighted by Gasteiger charge is -2.17. The van der Waals surface area contributed by atoms with Crippen LogP contribution in [-0.2, 0) is 25.3 Å². The van der Waals surface area contributed by atoms with Crippen LogP contribution in [0.25, 0.3) is 28.1 Å². The van der Waals surface area contributed by atoms with E-state index in [0.717, 1.165) is 60.1 Å². The highest BCUT2D eigenvalue weighted by Gasteiger charge is 2.27. The van der Waals surface area contributed by atoms with E-state index in [9.17, 15) is 9.18 Å². The van der Waals surface area contributed by atoms with E-state index in [1.54, 1.807) is 17.8 Å². The molecule has 0 radical (unpaired) electrons. The van der Waals surface area contributed by atoms with Gasteiger partial charge in [0.2, 0.25) is 0 Å². The maximum atomic E-state index is 14.4. The smallest absolute Gasteiger partial charge is 0.284 e. The second-order valence-corrected chi connectivity index (χ2v) is 9.67. The fraction of sp³-hybridized carbons (Fsp3) is 0.308. The van der Waals surface area contributed by atoms with Crippen molar-refractivity contribution in [1.29, 1.82) is 0 Å². The van der Waals surface area contributed by atoms with Gasteiger partial charge in [-0.3, -0.25) is 4.79 Å². The average Bonchev–Trinajstić information content (AvgIpc) is 3.30. The molecule has 0 saturated heterocycles. The van der Waals surface area contributed by atoms with Crippen molar-refractivity contribution in [3.63, 3.8) is 0 Å². The predicted molar refractivity (Wildman–Crippen MR) is 135 cm³/mol. The van der Waals surface area contributed by atoms with Crippen LogP contribution in [0.4, 0.5) is 4.39 Å². The highest BCUT2D eigenvalue weighted by molar-refractivity contribution is 7.98. The topological polar surface area (TPSA) is 70.5 Å². The van der Waals surface area contributed by atoms with Crippen molar-refractivity contribution >= 4 is 22.8 Å². The summed E-state index contributed by atoms with van der Waals surface area (Å²) in [5.74, 6) is 1.52. The first-order valence-corrected chi connectivity index (χ1v) is 13.0. The summed E-state index contributed by atoms with van der Waals surface area (Å²) in [4.78, 5) is 22.9. The predicted octanol–water partition coefficient (Wildman–Crippen LogP) is 5.06. The zero-order valence-electron chi connectivity index (χ0n) is 19.4. The van der Waals surface area contributed by atoms with E-state index in [1.807, 2.05) is 47.9 Å². The Balaban J connectivity index is 1.45. The minimum atomic E-state index is -0.307. The van der Waals surface area contributed by atoms with E-state index in [-0.39, 0.29) is 11.4 Å². The molecule has 6 rings (SSSR count). The molecule has 0 aliphatic carbocycles. The van der Waals surface area contributed by atoms with Crippen molar-refractivity contribution in [1.82, 2.24) is 28.9 Å². The molecule has 4 heterocycles. The van der Waals surface area contributed by atoms with Crippen LogP contribution in [0.1, 0.15) is 37.7 Å². The Bertz CT molecular complexity index is 1550. The number of halogens is 1. The van der Waals surface area contributed by atoms with E-state index in [0.29, 0.717) is 29.2 Å². The molecule has 0 fully saturated rings. The molecule has 0 spiro atoms. The van der Waals surface area contributed by atoms with E-state index in [1.165, 1.54) is 10.7 Å². The van der Waals surface area contributed by atoms with Crippen molar-refractivity contribution in [3.8, 4) is 17.1 Å². The van der Waals surface area contributed by atoms with Crippen LogP contribution in [0, 0.1) is 5.82 Å². The molecule has 178 valence electrons. The van der Waals surface area contributed by atoms with Gasteiger partial charge in [0.05, 0.1) is 17.0 Å². The second kappa shape index (κ2) is 8.96. The Kier molecular flexibility index (Phi) is 5.64. The molecule has 3 aliphatic rings. The van der Waals surface area contributed by atoms with Crippen LogP contribution in [0.15, 0.2) is 58.5 Å². The summed E-state index contributed by atoms with van der Waals surface area (Å²) in [6.07, 6.45) is 4.00. The largest absolute Gasteiger partial charge is 0.327 e. The minimum absolute atomic E-state index is 0.121. The summed E-state index contributed by atoms with van der Waals surface area (Å²) in [6.45, 7) is 3.56. The standard InChI is InChI=1S/C26H25FN6OS/c1-2-31-20-14-9-12-18(27)23(20)28-21(31)16-35-26-29-24-22(19-13-7-4-8-15-32(19)26)25(34)33(30-24)17-10-5-3-6-11-17/h3,5-6,9-12,14H,2,4,7-8,13,15-16H2,1H3. The number of nitrogens with zero attached hydrogens (tertiary/aromatic N) is 6. The lowest BCUT2D eigenvalue weighted by atomic mass is 10.1. The summed E-state index contributed by atoms with van der Waals surface area (Å²) in [5.41, 5.74) is 3.44. The average molecular weight is 489 g/mol. The van der Waals surface area contributed by atoms with Crippen molar-refractivity contribution in [2.45, 2.75) is 56.6 Å². The number of imidazole rings is 1. The second-order valence-electron chi connectivity index (χ2n) is 8.72. The van der Waals surface area contributed by atoms with E-state index < -0.39 is 0 Å². The van der Waals surface area contributed by atoms with Crippen LogP contribution in [-0.4, -0.2) is 28.9 Å². The number of hydrogen-bond acceptors (Lipinski definition) is 5. The summed E-state index contributed by atoms with van der Waals surface area (Å²) in [5, 5.41) is 5.43. The highest BCUT2D eigenvalue weighted by atomic mass is 32.2. The quantitative estimate of drug-likeness (QED) is 0.255. The molecule has 7 nitrogen and oxygen atoms in total. The number of fused-ring (bicyclic) bond motifs is 4. The van der Waals surface area contributed by atoms with Gasteiger partial charge in [-0.25, -0.2) is 14.4 Å². The van der Waals surface area contributed by atoms with Gasteiger partial charge in [0.15, 0.2) is 16.8 Å². The molecule has 1 aromatic heterocycles. The lowest BCUT2D eigenvalue weighted by Crippen LogP contribution is -2.19. The van der Waals surface area contributed by atoms with Gasteiger partial charge < -0.3 is 9.13 Å². The fourth-order valence-electron chi connectivity index (χ4n) is 4.96. The van der Waals surface area contributed by atoms with Crippen LogP contribution in [0.5, 0.6) is 0 Å². The fourth-order valence-corrected chi connectivity index (χ4v) is 5.95. The third-order valence-electron chi connectivity index (χ3n) is 6.62. The van der Waals surface area contributed by atoms with Gasteiger partial charge in [-0.05, 0) is 50.5 Å². The van der Waals surface area contributed by atoms with Crippen LogP contribution in [0.2, 0.25) is 0 Å². The maximum absolute atomic E-state index is 14.4. The van der Waals surface area contributed by atoms with Gasteiger partial charge in [0, 0.05) is 18.8 Å². The zero-order valence-corrected chi connectivity index (χ0v) is 20.3. The normalized spacial score (nSPS) is 13.9. The molecule has 2 aromatic carbocycles. The number of rotatable bonds is 5. The third kappa shape index (κ3) is 3.74. The van der Waals surface area contributed by atoms with Gasteiger partial charge >= 0.3 is 0 Å². The molecule has 0 N–H and O–H groups in total. The Hall–Kier alpha value is -3.46. The third-order valence-corrected chi connectivity index (χ3v) is 7.60. The Morgan fingerprint density at radius 1 is 1.03 bits per heavy atom. The zero-order chi connectivity index (χ0) is 23.9. The molecule has 0 bridgehead atoms. The van der Waals surface area contributed by atoms with Crippen molar-refractivity contribution in [3.05, 3.63) is 76.2 Å². The van der Waals surface area contributed by atoms with Crippen molar-refractivity contribution in [2.24, 2.45) is 0 Å². The summed E-state index contributed by atoms with van der Waals surface area (Å²) in [6, 6.07) is 14.5. The monoisotopic (exact) mass is 488 g/mol. The van der Waals surface area contributed by atoms with E-state index >= 15 is 0 Å². The summed E-state index contributed by atoms with van der Waals surface area (Å²) >= 11 is 1.57. The summed E-state index contributed by atoms with van der Waals surface area (Å²) in [7, 11) is 0. The van der Waals surface area contributed by atoms with Crippen LogP contribution in [0.3, 0.4) is 0 Å². The van der Waals surface area contributed by atoms with Gasteiger partial charge in [0.1, 0.15) is 16.9 Å². The minimum Gasteiger partial charge on any atom is -0.327 e. The van der Waals surface area contributed by atoms with Gasteiger partial charge in [0.25, 0.3) is 5.56 Å². The first kappa shape index (κ1) is 22.0. The molecular formula is C26H25FN6OS. The Labute approximate surface area is 206 Å². The lowest BCUT2D eigenvalue weighted by molar-refractivity contribution is 0.571. The number of para-hydroxylation sites is 2. The molecule has 0 amide bonds. The van der Waals surface area contributed by atoms with Crippen molar-refractivity contribution in [2.75, 3.05) is 0 Å². The maximum Gasteiger partial charge on any atom is 0.284 e. The molecule has 3 aromatic rings. The van der Waals surface area contributed by atoms with Gasteiger partial charge in [-0.2, -0.15) is 4.68 Å². The highest BCUT2D eigenvalue weighted by Crippen LogP contribution is 2.32. The number of thioether (sulfide) groups is 1. The number of aryl methyl sites for hydroxylation is 1. The Morgan fingerprint density at radius 3 is 2.71 bits per heavy atom. The van der Waals surface area contributed by atoms with Crippen molar-refractivity contribution < 1.29 is 4.39 Å². The molecule has 3 aliphatic heterocycles. The molecular weight excluding hydrogens is 463 g/mol. The summed E-state index contributed by atoms with van der Waals surface area (Å²) < 4.78 is 20.1. The molecule has 9 heteroatoms. The number of aromatic nitrogens is 6. The molecule has 35 heavy (non-hydrogen) atoms. The molecule has 0 saturated carbocycles.